The molecule has 21 heavy (non-hydrogen) atoms. The fraction of sp³-hybridized carbons (Fsp3) is 0.125. The topological polar surface area (TPSA) is 39.2 Å². The SMILES string of the molecule is COC(=O)c1ccc2nc(SCc3ccccc3)sc2c1. The Morgan fingerprint density at radius 3 is 2.81 bits per heavy atom. The highest BCUT2D eigenvalue weighted by Crippen LogP contribution is 2.32. The lowest BCUT2D eigenvalue weighted by Crippen LogP contribution is -1.99. The standard InChI is InChI=1S/C16H13NO2S2/c1-19-15(18)12-7-8-13-14(9-12)21-16(17-13)20-10-11-5-3-2-4-6-11/h2-9H,10H2,1H3. The van der Waals surface area contributed by atoms with Crippen LogP contribution in [0, 0.1) is 0 Å². The van der Waals surface area contributed by atoms with E-state index in [1.807, 2.05) is 30.3 Å². The molecule has 3 nitrogen and oxygen atoms in total. The van der Waals surface area contributed by atoms with Crippen molar-refractivity contribution in [3.63, 3.8) is 0 Å². The fourth-order valence-corrected chi connectivity index (χ4v) is 3.99. The zero-order valence-corrected chi connectivity index (χ0v) is 13.0. The Balaban J connectivity index is 1.79. The first-order valence-electron chi connectivity index (χ1n) is 6.42. The van der Waals surface area contributed by atoms with Crippen molar-refractivity contribution in [2.24, 2.45) is 0 Å². The molecule has 0 aliphatic carbocycles. The predicted molar refractivity (Wildman–Crippen MR) is 87.0 cm³/mol. The molecule has 0 fully saturated rings. The molecule has 0 saturated heterocycles. The number of aromatic nitrogens is 1. The van der Waals surface area contributed by atoms with E-state index in [0.717, 1.165) is 20.3 Å². The van der Waals surface area contributed by atoms with E-state index >= 15 is 0 Å². The molecule has 0 aliphatic heterocycles. The van der Waals surface area contributed by atoms with E-state index in [-0.39, 0.29) is 5.97 Å². The Labute approximate surface area is 131 Å². The van der Waals surface area contributed by atoms with Gasteiger partial charge in [-0.1, -0.05) is 42.1 Å². The lowest BCUT2D eigenvalue weighted by Gasteiger charge is -1.97. The monoisotopic (exact) mass is 315 g/mol. The van der Waals surface area contributed by atoms with Crippen molar-refractivity contribution in [1.82, 2.24) is 4.98 Å². The third-order valence-electron chi connectivity index (χ3n) is 3.00. The molecule has 1 aromatic heterocycles. The van der Waals surface area contributed by atoms with Crippen molar-refractivity contribution in [3.8, 4) is 0 Å². The minimum atomic E-state index is -0.316. The fourth-order valence-electron chi connectivity index (χ4n) is 1.93. The first-order chi connectivity index (χ1) is 10.3. The Morgan fingerprint density at radius 1 is 1.24 bits per heavy atom. The van der Waals surface area contributed by atoms with E-state index in [4.69, 9.17) is 4.74 Å². The molecule has 3 aromatic rings. The molecule has 0 aliphatic rings. The molecule has 0 amide bonds. The number of methoxy groups -OCH3 is 1. The average Bonchev–Trinajstić information content (AvgIpc) is 2.95. The largest absolute Gasteiger partial charge is 0.465 e. The Kier molecular flexibility index (Phi) is 4.22. The van der Waals surface area contributed by atoms with Gasteiger partial charge < -0.3 is 4.74 Å². The molecule has 0 bridgehead atoms. The van der Waals surface area contributed by atoms with Crippen LogP contribution in [0.15, 0.2) is 52.9 Å². The lowest BCUT2D eigenvalue weighted by atomic mass is 10.2. The quantitative estimate of drug-likeness (QED) is 0.529. The molecule has 0 unspecified atom stereocenters. The van der Waals surface area contributed by atoms with Crippen LogP contribution in [-0.4, -0.2) is 18.1 Å². The third kappa shape index (κ3) is 3.25. The predicted octanol–water partition coefficient (Wildman–Crippen LogP) is 4.38. The van der Waals surface area contributed by atoms with Crippen LogP contribution in [0.2, 0.25) is 0 Å². The maximum absolute atomic E-state index is 11.5. The Hall–Kier alpha value is -1.85. The normalized spacial score (nSPS) is 10.7. The van der Waals surface area contributed by atoms with E-state index in [1.54, 1.807) is 29.2 Å². The van der Waals surface area contributed by atoms with Crippen molar-refractivity contribution in [1.29, 1.82) is 0 Å². The highest BCUT2D eigenvalue weighted by atomic mass is 32.2. The molecule has 0 saturated carbocycles. The van der Waals surface area contributed by atoms with Crippen LogP contribution in [0.1, 0.15) is 15.9 Å². The summed E-state index contributed by atoms with van der Waals surface area (Å²) in [7, 11) is 1.39. The van der Waals surface area contributed by atoms with Crippen LogP contribution in [-0.2, 0) is 10.5 Å². The number of thioether (sulfide) groups is 1. The van der Waals surface area contributed by atoms with Crippen LogP contribution in [0.3, 0.4) is 0 Å². The van der Waals surface area contributed by atoms with Gasteiger partial charge in [0.1, 0.15) is 0 Å². The van der Waals surface area contributed by atoms with Crippen LogP contribution < -0.4 is 0 Å². The van der Waals surface area contributed by atoms with Crippen molar-refractivity contribution in [2.75, 3.05) is 7.11 Å². The van der Waals surface area contributed by atoms with Gasteiger partial charge in [-0.05, 0) is 23.8 Å². The summed E-state index contributed by atoms with van der Waals surface area (Å²) in [5, 5.41) is 0. The first kappa shape index (κ1) is 14.1. The third-order valence-corrected chi connectivity index (χ3v) is 5.23. The zero-order chi connectivity index (χ0) is 14.7. The highest BCUT2D eigenvalue weighted by Gasteiger charge is 2.10. The molecule has 3 rings (SSSR count). The van der Waals surface area contributed by atoms with Gasteiger partial charge in [0.05, 0.1) is 22.9 Å². The zero-order valence-electron chi connectivity index (χ0n) is 11.4. The Morgan fingerprint density at radius 2 is 2.05 bits per heavy atom. The van der Waals surface area contributed by atoms with Crippen LogP contribution in [0.25, 0.3) is 10.2 Å². The second-order valence-electron chi connectivity index (χ2n) is 4.43. The number of ether oxygens (including phenoxy) is 1. The molecule has 0 N–H and O–H groups in total. The number of nitrogens with zero attached hydrogens (tertiary/aromatic N) is 1. The van der Waals surface area contributed by atoms with Crippen LogP contribution in [0.5, 0.6) is 0 Å². The van der Waals surface area contributed by atoms with E-state index in [0.29, 0.717) is 5.56 Å². The molecule has 0 atom stereocenters. The molecule has 106 valence electrons. The molecular formula is C16H13NO2S2. The molecule has 1 heterocycles. The van der Waals surface area contributed by atoms with Crippen LogP contribution >= 0.6 is 23.1 Å². The smallest absolute Gasteiger partial charge is 0.337 e. The highest BCUT2D eigenvalue weighted by molar-refractivity contribution is 8.00. The molecule has 0 spiro atoms. The first-order valence-corrected chi connectivity index (χ1v) is 8.22. The van der Waals surface area contributed by atoms with Gasteiger partial charge in [0.2, 0.25) is 0 Å². The second kappa shape index (κ2) is 6.28. The summed E-state index contributed by atoms with van der Waals surface area (Å²) in [6.45, 7) is 0. The number of carbonyl (C=O) groups is 1. The van der Waals surface area contributed by atoms with Crippen LogP contribution in [0.4, 0.5) is 0 Å². The van der Waals surface area contributed by atoms with E-state index in [1.165, 1.54) is 12.7 Å². The lowest BCUT2D eigenvalue weighted by molar-refractivity contribution is 0.0601. The molecule has 2 aromatic carbocycles. The van der Waals surface area contributed by atoms with Crippen molar-refractivity contribution >= 4 is 39.3 Å². The number of benzene rings is 2. The number of hydrogen-bond acceptors (Lipinski definition) is 5. The van der Waals surface area contributed by atoms with Gasteiger partial charge in [-0.15, -0.1) is 11.3 Å². The summed E-state index contributed by atoms with van der Waals surface area (Å²) in [5.41, 5.74) is 2.76. The molecular weight excluding hydrogens is 302 g/mol. The molecule has 5 heteroatoms. The average molecular weight is 315 g/mol. The van der Waals surface area contributed by atoms with Gasteiger partial charge in [-0.2, -0.15) is 0 Å². The summed E-state index contributed by atoms with van der Waals surface area (Å²) < 4.78 is 6.76. The van der Waals surface area contributed by atoms with Gasteiger partial charge in [0.25, 0.3) is 0 Å². The number of esters is 1. The van der Waals surface area contributed by atoms with Crippen molar-refractivity contribution in [2.45, 2.75) is 10.1 Å². The van der Waals surface area contributed by atoms with Crippen molar-refractivity contribution in [3.05, 3.63) is 59.7 Å². The number of thiazole rings is 1. The number of fused-ring (bicyclic) bond motifs is 1. The number of rotatable bonds is 4. The van der Waals surface area contributed by atoms with Gasteiger partial charge >= 0.3 is 5.97 Å². The van der Waals surface area contributed by atoms with E-state index in [2.05, 4.69) is 17.1 Å². The second-order valence-corrected chi connectivity index (χ2v) is 6.68. The minimum Gasteiger partial charge on any atom is -0.465 e. The molecule has 0 radical (unpaired) electrons. The van der Waals surface area contributed by atoms with E-state index < -0.39 is 0 Å². The maximum Gasteiger partial charge on any atom is 0.337 e. The summed E-state index contributed by atoms with van der Waals surface area (Å²) in [5.74, 6) is 0.577. The summed E-state index contributed by atoms with van der Waals surface area (Å²) in [6.07, 6.45) is 0. The van der Waals surface area contributed by atoms with E-state index in [9.17, 15) is 4.79 Å². The van der Waals surface area contributed by atoms with Gasteiger partial charge in [-0.3, -0.25) is 0 Å². The number of carbonyl (C=O) groups excluding carboxylic acids is 1. The summed E-state index contributed by atoms with van der Waals surface area (Å²) in [4.78, 5) is 16.1. The summed E-state index contributed by atoms with van der Waals surface area (Å²) in [6, 6.07) is 15.8. The maximum atomic E-state index is 11.5. The Bertz CT molecular complexity index is 768. The van der Waals surface area contributed by atoms with Gasteiger partial charge in [0, 0.05) is 5.75 Å². The summed E-state index contributed by atoms with van der Waals surface area (Å²) >= 11 is 3.31. The number of hydrogen-bond donors (Lipinski definition) is 0. The van der Waals surface area contributed by atoms with Gasteiger partial charge in [-0.25, -0.2) is 9.78 Å². The van der Waals surface area contributed by atoms with Crippen molar-refractivity contribution < 1.29 is 9.53 Å². The van der Waals surface area contributed by atoms with Gasteiger partial charge in [0.15, 0.2) is 4.34 Å². The minimum absolute atomic E-state index is 0.316.